The second-order valence-corrected chi connectivity index (χ2v) is 7.09. The molecule has 1 amide bonds. The average Bonchev–Trinajstić information content (AvgIpc) is 2.92. The smallest absolute Gasteiger partial charge is 0.226 e. The van der Waals surface area contributed by atoms with Crippen LogP contribution in [0.15, 0.2) is 0 Å². The topological polar surface area (TPSA) is 23.6 Å². The fourth-order valence-corrected chi connectivity index (χ4v) is 4.46. The maximum Gasteiger partial charge on any atom is 0.226 e. The minimum Gasteiger partial charge on any atom is -0.341 e. The van der Waals surface area contributed by atoms with E-state index in [0.29, 0.717) is 17.9 Å². The summed E-state index contributed by atoms with van der Waals surface area (Å²) in [6.45, 7) is 8.66. The zero-order chi connectivity index (χ0) is 13.4. The standard InChI is InChI=1S/C16H28N2O/c1-12(2)17-6-3-7-18(9-8-17)16(19)15-11-13-4-5-14(15)10-13/h12-15H,3-11H2,1-2H3. The molecule has 0 aromatic carbocycles. The molecule has 0 aromatic rings. The van der Waals surface area contributed by atoms with Gasteiger partial charge in [0.1, 0.15) is 0 Å². The van der Waals surface area contributed by atoms with Crippen molar-refractivity contribution in [1.29, 1.82) is 0 Å². The van der Waals surface area contributed by atoms with Gasteiger partial charge in [-0.25, -0.2) is 0 Å². The summed E-state index contributed by atoms with van der Waals surface area (Å²) in [5, 5.41) is 0. The molecule has 0 radical (unpaired) electrons. The lowest BCUT2D eigenvalue weighted by Gasteiger charge is -2.29. The van der Waals surface area contributed by atoms with Crippen LogP contribution in [0.4, 0.5) is 0 Å². The number of rotatable bonds is 2. The summed E-state index contributed by atoms with van der Waals surface area (Å²) in [5.41, 5.74) is 0. The van der Waals surface area contributed by atoms with Crippen molar-refractivity contribution in [3.8, 4) is 0 Å². The first-order chi connectivity index (χ1) is 9.15. The first kappa shape index (κ1) is 13.4. The normalized spacial score (nSPS) is 35.9. The van der Waals surface area contributed by atoms with Gasteiger partial charge in [-0.05, 0) is 51.4 Å². The molecule has 0 spiro atoms. The van der Waals surface area contributed by atoms with Crippen LogP contribution in [0.5, 0.6) is 0 Å². The van der Waals surface area contributed by atoms with Crippen LogP contribution in [0, 0.1) is 17.8 Å². The van der Waals surface area contributed by atoms with Crippen molar-refractivity contribution in [2.24, 2.45) is 17.8 Å². The molecule has 3 atom stereocenters. The van der Waals surface area contributed by atoms with Crippen LogP contribution in [0.3, 0.4) is 0 Å². The van der Waals surface area contributed by atoms with Crippen LogP contribution in [0.2, 0.25) is 0 Å². The summed E-state index contributed by atoms with van der Waals surface area (Å²) >= 11 is 0. The maximum absolute atomic E-state index is 12.7. The Kier molecular flexibility index (Phi) is 3.84. The van der Waals surface area contributed by atoms with E-state index in [0.717, 1.165) is 44.4 Å². The van der Waals surface area contributed by atoms with Crippen LogP contribution in [0.25, 0.3) is 0 Å². The second-order valence-electron chi connectivity index (χ2n) is 7.09. The molecule has 0 aromatic heterocycles. The van der Waals surface area contributed by atoms with E-state index in [9.17, 15) is 4.79 Å². The first-order valence-corrected chi connectivity index (χ1v) is 8.18. The van der Waals surface area contributed by atoms with Gasteiger partial charge in [0.25, 0.3) is 0 Å². The molecule has 3 aliphatic rings. The van der Waals surface area contributed by atoms with E-state index < -0.39 is 0 Å². The number of amides is 1. The highest BCUT2D eigenvalue weighted by Gasteiger charge is 2.44. The maximum atomic E-state index is 12.7. The van der Waals surface area contributed by atoms with Crippen LogP contribution in [-0.2, 0) is 4.79 Å². The molecule has 2 bridgehead atoms. The van der Waals surface area contributed by atoms with Crippen molar-refractivity contribution < 1.29 is 4.79 Å². The van der Waals surface area contributed by atoms with Gasteiger partial charge in [0.15, 0.2) is 0 Å². The fraction of sp³-hybridized carbons (Fsp3) is 0.938. The van der Waals surface area contributed by atoms with Gasteiger partial charge in [-0.1, -0.05) is 6.42 Å². The van der Waals surface area contributed by atoms with Crippen LogP contribution >= 0.6 is 0 Å². The summed E-state index contributed by atoms with van der Waals surface area (Å²) in [6.07, 6.45) is 6.36. The predicted octanol–water partition coefficient (Wildman–Crippen LogP) is 2.37. The molecule has 108 valence electrons. The van der Waals surface area contributed by atoms with Gasteiger partial charge >= 0.3 is 0 Å². The monoisotopic (exact) mass is 264 g/mol. The van der Waals surface area contributed by atoms with Crippen LogP contribution in [0.1, 0.15) is 46.0 Å². The third kappa shape index (κ3) is 2.67. The summed E-state index contributed by atoms with van der Waals surface area (Å²) in [7, 11) is 0. The van der Waals surface area contributed by atoms with Gasteiger partial charge in [0.05, 0.1) is 0 Å². The van der Waals surface area contributed by atoms with Crippen molar-refractivity contribution in [3.63, 3.8) is 0 Å². The van der Waals surface area contributed by atoms with Gasteiger partial charge in [-0.3, -0.25) is 9.69 Å². The van der Waals surface area contributed by atoms with Crippen LogP contribution in [-0.4, -0.2) is 47.9 Å². The lowest BCUT2D eigenvalue weighted by Crippen LogP contribution is -2.41. The molecule has 3 rings (SSSR count). The van der Waals surface area contributed by atoms with Crippen molar-refractivity contribution in [2.45, 2.75) is 52.0 Å². The molecule has 0 N–H and O–H groups in total. The van der Waals surface area contributed by atoms with Crippen molar-refractivity contribution >= 4 is 5.91 Å². The van der Waals surface area contributed by atoms with E-state index >= 15 is 0 Å². The molecule has 1 heterocycles. The van der Waals surface area contributed by atoms with E-state index in [4.69, 9.17) is 0 Å². The molecule has 2 aliphatic carbocycles. The Labute approximate surface area is 117 Å². The highest BCUT2D eigenvalue weighted by Crippen LogP contribution is 2.48. The number of hydrogen-bond donors (Lipinski definition) is 0. The molecule has 1 saturated heterocycles. The number of fused-ring (bicyclic) bond motifs is 2. The zero-order valence-electron chi connectivity index (χ0n) is 12.5. The number of hydrogen-bond acceptors (Lipinski definition) is 2. The molecular weight excluding hydrogens is 236 g/mol. The van der Waals surface area contributed by atoms with E-state index in [1.54, 1.807) is 0 Å². The number of carbonyl (C=O) groups is 1. The third-order valence-corrected chi connectivity index (χ3v) is 5.63. The fourth-order valence-electron chi connectivity index (χ4n) is 4.46. The lowest BCUT2D eigenvalue weighted by molar-refractivity contribution is -0.137. The number of nitrogens with zero attached hydrogens (tertiary/aromatic N) is 2. The molecular formula is C16H28N2O. The highest BCUT2D eigenvalue weighted by atomic mass is 16.2. The zero-order valence-corrected chi connectivity index (χ0v) is 12.5. The first-order valence-electron chi connectivity index (χ1n) is 8.18. The largest absolute Gasteiger partial charge is 0.341 e. The summed E-state index contributed by atoms with van der Waals surface area (Å²) < 4.78 is 0. The highest BCUT2D eigenvalue weighted by molar-refractivity contribution is 5.79. The Morgan fingerprint density at radius 3 is 2.53 bits per heavy atom. The molecule has 3 nitrogen and oxygen atoms in total. The molecule has 1 aliphatic heterocycles. The van der Waals surface area contributed by atoms with Crippen molar-refractivity contribution in [2.75, 3.05) is 26.2 Å². The van der Waals surface area contributed by atoms with Gasteiger partial charge in [0, 0.05) is 38.1 Å². The van der Waals surface area contributed by atoms with Crippen molar-refractivity contribution in [1.82, 2.24) is 9.80 Å². The summed E-state index contributed by atoms with van der Waals surface area (Å²) in [4.78, 5) is 17.4. The SMILES string of the molecule is CC(C)N1CCCN(C(=O)C2CC3CCC2C3)CC1. The number of carbonyl (C=O) groups excluding carboxylic acids is 1. The van der Waals surface area contributed by atoms with E-state index in [1.807, 2.05) is 0 Å². The molecule has 3 heteroatoms. The van der Waals surface area contributed by atoms with E-state index in [2.05, 4.69) is 23.6 Å². The summed E-state index contributed by atoms with van der Waals surface area (Å²) in [6, 6.07) is 0.609. The van der Waals surface area contributed by atoms with Crippen molar-refractivity contribution in [3.05, 3.63) is 0 Å². The van der Waals surface area contributed by atoms with E-state index in [1.165, 1.54) is 25.7 Å². The van der Waals surface area contributed by atoms with Gasteiger partial charge in [-0.15, -0.1) is 0 Å². The average molecular weight is 264 g/mol. The molecule has 2 saturated carbocycles. The van der Waals surface area contributed by atoms with Gasteiger partial charge in [0.2, 0.25) is 5.91 Å². The Morgan fingerprint density at radius 1 is 1.05 bits per heavy atom. The summed E-state index contributed by atoms with van der Waals surface area (Å²) in [5.74, 6) is 2.46. The van der Waals surface area contributed by atoms with Crippen LogP contribution < -0.4 is 0 Å². The Morgan fingerprint density at radius 2 is 1.89 bits per heavy atom. The lowest BCUT2D eigenvalue weighted by atomic mass is 9.87. The van der Waals surface area contributed by atoms with Gasteiger partial charge in [-0.2, -0.15) is 0 Å². The third-order valence-electron chi connectivity index (χ3n) is 5.63. The molecule has 3 unspecified atom stereocenters. The Balaban J connectivity index is 1.58. The minimum absolute atomic E-state index is 0.379. The van der Waals surface area contributed by atoms with E-state index in [-0.39, 0.29) is 0 Å². The Hall–Kier alpha value is -0.570. The van der Waals surface area contributed by atoms with Gasteiger partial charge < -0.3 is 4.90 Å². The second kappa shape index (κ2) is 5.43. The molecule has 19 heavy (non-hydrogen) atoms. The predicted molar refractivity (Wildman–Crippen MR) is 76.8 cm³/mol. The molecule has 3 fully saturated rings. The quantitative estimate of drug-likeness (QED) is 0.764. The Bertz CT molecular complexity index is 342. The minimum atomic E-state index is 0.379.